The molecule has 1 rings (SSSR count). The summed E-state index contributed by atoms with van der Waals surface area (Å²) in [7, 11) is -4.50. The van der Waals surface area contributed by atoms with Gasteiger partial charge in [-0.1, -0.05) is 6.58 Å². The second-order valence-corrected chi connectivity index (χ2v) is 5.18. The molecule has 0 aliphatic carbocycles. The minimum absolute atomic E-state index is 0.0557. The van der Waals surface area contributed by atoms with Crippen LogP contribution >= 0.6 is 7.60 Å². The van der Waals surface area contributed by atoms with Crippen LogP contribution in [0.1, 0.15) is 10.4 Å². The molecule has 8 heteroatoms. The molecule has 5 N–H and O–H groups in total. The molecule has 0 atom stereocenters. The minimum Gasteiger partial charge on any atom is -0.500 e. The Bertz CT molecular complexity index is 526. The lowest BCUT2D eigenvalue weighted by atomic mass is 10.2. The number of anilines is 1. The lowest BCUT2D eigenvalue weighted by Crippen LogP contribution is -2.27. The fraction of sp³-hybridized carbons (Fsp3) is 0.182. The summed E-state index contributed by atoms with van der Waals surface area (Å²) in [5.74, 6) is -0.470. The number of carbonyl (C=O) groups is 1. The van der Waals surface area contributed by atoms with Crippen molar-refractivity contribution >= 4 is 24.5 Å². The lowest BCUT2D eigenvalue weighted by Gasteiger charge is -2.10. The quantitative estimate of drug-likeness (QED) is 0.252. The summed E-state index contributed by atoms with van der Waals surface area (Å²) in [5, 5.41) is 2.17. The van der Waals surface area contributed by atoms with Crippen molar-refractivity contribution in [3.63, 3.8) is 0 Å². The molecule has 0 aliphatic rings. The van der Waals surface area contributed by atoms with E-state index in [4.69, 9.17) is 20.3 Å². The maximum Gasteiger partial charge on any atom is 0.358 e. The lowest BCUT2D eigenvalue weighted by molar-refractivity contribution is 0.0943. The van der Waals surface area contributed by atoms with Crippen molar-refractivity contribution in [3.8, 4) is 0 Å². The van der Waals surface area contributed by atoms with E-state index in [1.807, 2.05) is 0 Å². The van der Waals surface area contributed by atoms with Crippen LogP contribution in [-0.2, 0) is 9.30 Å². The number of carbonyl (C=O) groups excluding carboxylic acids is 1. The van der Waals surface area contributed by atoms with E-state index in [1.165, 1.54) is 18.4 Å². The van der Waals surface area contributed by atoms with Crippen molar-refractivity contribution in [3.05, 3.63) is 36.6 Å². The zero-order valence-electron chi connectivity index (χ0n) is 10.1. The number of hydrogen-bond acceptors (Lipinski definition) is 4. The average Bonchev–Trinajstić information content (AvgIpc) is 2.33. The van der Waals surface area contributed by atoms with E-state index < -0.39 is 13.5 Å². The maximum atomic E-state index is 11.7. The molecule has 7 nitrogen and oxygen atoms in total. The summed E-state index contributed by atoms with van der Waals surface area (Å²) in [6.45, 7) is 3.86. The Morgan fingerprint density at radius 3 is 2.79 bits per heavy atom. The van der Waals surface area contributed by atoms with E-state index in [9.17, 15) is 9.36 Å². The molecule has 0 spiro atoms. The molecule has 1 aromatic carbocycles. The third kappa shape index (κ3) is 4.40. The smallest absolute Gasteiger partial charge is 0.358 e. The van der Waals surface area contributed by atoms with Crippen LogP contribution in [0.25, 0.3) is 0 Å². The van der Waals surface area contributed by atoms with Gasteiger partial charge >= 0.3 is 7.60 Å². The third-order valence-electron chi connectivity index (χ3n) is 2.23. The van der Waals surface area contributed by atoms with Gasteiger partial charge in [0.05, 0.1) is 18.1 Å². The number of ether oxygens (including phenoxy) is 1. The molecule has 0 fully saturated rings. The van der Waals surface area contributed by atoms with Crippen molar-refractivity contribution in [1.82, 2.24) is 5.32 Å². The summed E-state index contributed by atoms with van der Waals surface area (Å²) in [5.41, 5.74) is 5.52. The highest BCUT2D eigenvalue weighted by molar-refractivity contribution is 7.60. The van der Waals surface area contributed by atoms with Gasteiger partial charge in [-0.15, -0.1) is 0 Å². The van der Waals surface area contributed by atoms with Crippen molar-refractivity contribution in [2.75, 3.05) is 18.9 Å². The second-order valence-electron chi connectivity index (χ2n) is 3.61. The van der Waals surface area contributed by atoms with Gasteiger partial charge in [-0.25, -0.2) is 0 Å². The van der Waals surface area contributed by atoms with Crippen LogP contribution in [0, 0.1) is 0 Å². The number of benzene rings is 1. The Hall–Kier alpha value is -1.82. The van der Waals surface area contributed by atoms with E-state index >= 15 is 0 Å². The molecule has 0 aromatic heterocycles. The summed E-state index contributed by atoms with van der Waals surface area (Å²) in [6, 6.07) is 3.75. The van der Waals surface area contributed by atoms with Gasteiger partial charge < -0.3 is 25.6 Å². The number of hydrogen-bond donors (Lipinski definition) is 4. The van der Waals surface area contributed by atoms with E-state index in [-0.39, 0.29) is 29.7 Å². The fourth-order valence-electron chi connectivity index (χ4n) is 1.35. The van der Waals surface area contributed by atoms with Crippen molar-refractivity contribution < 1.29 is 23.9 Å². The van der Waals surface area contributed by atoms with Crippen LogP contribution in [0.5, 0.6) is 0 Å². The van der Waals surface area contributed by atoms with Crippen molar-refractivity contribution in [2.45, 2.75) is 0 Å². The van der Waals surface area contributed by atoms with Gasteiger partial charge in [-0.2, -0.15) is 0 Å². The average molecular weight is 286 g/mol. The topological polar surface area (TPSA) is 122 Å². The molecule has 0 saturated carbocycles. The molecule has 1 amide bonds. The van der Waals surface area contributed by atoms with E-state index in [0.717, 1.165) is 6.07 Å². The Labute approximate surface area is 110 Å². The normalized spacial score (nSPS) is 10.8. The first-order valence-corrected chi connectivity index (χ1v) is 6.94. The van der Waals surface area contributed by atoms with Crippen LogP contribution in [0.15, 0.2) is 31.0 Å². The van der Waals surface area contributed by atoms with Crippen LogP contribution < -0.4 is 16.4 Å². The number of nitrogen functional groups attached to an aromatic ring is 1. The standard InChI is InChI=1S/C11H15N2O5P/c1-2-18-6-5-13-11(14)8-3-4-9(12)10(7-8)19(15,16)17/h2-4,7H,1,5-6,12H2,(H,13,14)(H2,15,16,17). The highest BCUT2D eigenvalue weighted by Gasteiger charge is 2.22. The SMILES string of the molecule is C=COCCNC(=O)c1ccc(N)c(P(=O)(O)O)c1. The number of amides is 1. The van der Waals surface area contributed by atoms with Gasteiger partial charge in [0.15, 0.2) is 0 Å². The third-order valence-corrected chi connectivity index (χ3v) is 3.24. The molecule has 19 heavy (non-hydrogen) atoms. The van der Waals surface area contributed by atoms with Gasteiger partial charge in [-0.05, 0) is 18.2 Å². The number of nitrogens with one attached hydrogen (secondary N) is 1. The first-order chi connectivity index (χ1) is 8.86. The molecular formula is C11H15N2O5P. The van der Waals surface area contributed by atoms with E-state index in [2.05, 4.69) is 11.9 Å². The highest BCUT2D eigenvalue weighted by Crippen LogP contribution is 2.35. The Morgan fingerprint density at radius 1 is 1.53 bits per heavy atom. The predicted molar refractivity (Wildman–Crippen MR) is 71.0 cm³/mol. The maximum absolute atomic E-state index is 11.7. The zero-order chi connectivity index (χ0) is 14.5. The van der Waals surface area contributed by atoms with Crippen molar-refractivity contribution in [1.29, 1.82) is 0 Å². The van der Waals surface area contributed by atoms with Crippen LogP contribution in [0.2, 0.25) is 0 Å². The molecule has 104 valence electrons. The molecule has 0 unspecified atom stereocenters. The molecule has 1 aromatic rings. The van der Waals surface area contributed by atoms with Gasteiger partial charge in [0, 0.05) is 11.3 Å². The Balaban J connectivity index is 2.82. The van der Waals surface area contributed by atoms with Crippen molar-refractivity contribution in [2.24, 2.45) is 0 Å². The molecular weight excluding hydrogens is 271 g/mol. The van der Waals surface area contributed by atoms with Crippen LogP contribution in [-0.4, -0.2) is 28.8 Å². The Kier molecular flexibility index (Phi) is 5.11. The first kappa shape index (κ1) is 15.2. The van der Waals surface area contributed by atoms with Crippen LogP contribution in [0.4, 0.5) is 5.69 Å². The first-order valence-electron chi connectivity index (χ1n) is 5.32. The summed E-state index contributed by atoms with van der Waals surface area (Å²) < 4.78 is 16.0. The minimum atomic E-state index is -4.50. The highest BCUT2D eigenvalue weighted by atomic mass is 31.2. The predicted octanol–water partition coefficient (Wildman–Crippen LogP) is -0.0383. The Morgan fingerprint density at radius 2 is 2.21 bits per heavy atom. The molecule has 0 bridgehead atoms. The van der Waals surface area contributed by atoms with Gasteiger partial charge in [0.1, 0.15) is 6.61 Å². The number of nitrogens with two attached hydrogens (primary N) is 1. The molecule has 0 heterocycles. The second kappa shape index (κ2) is 6.38. The molecule has 0 radical (unpaired) electrons. The van der Waals surface area contributed by atoms with Gasteiger partial charge in [0.25, 0.3) is 5.91 Å². The molecule has 0 saturated heterocycles. The van der Waals surface area contributed by atoms with Gasteiger partial charge in [0.2, 0.25) is 0 Å². The zero-order valence-corrected chi connectivity index (χ0v) is 11.0. The summed E-state index contributed by atoms with van der Waals surface area (Å²) in [6.07, 6.45) is 1.25. The summed E-state index contributed by atoms with van der Waals surface area (Å²) >= 11 is 0. The molecule has 0 aliphatic heterocycles. The van der Waals surface area contributed by atoms with E-state index in [0.29, 0.717) is 0 Å². The number of rotatable bonds is 6. The fourth-order valence-corrected chi connectivity index (χ4v) is 2.06. The van der Waals surface area contributed by atoms with Crippen LogP contribution in [0.3, 0.4) is 0 Å². The van der Waals surface area contributed by atoms with E-state index in [1.54, 1.807) is 0 Å². The largest absolute Gasteiger partial charge is 0.500 e. The summed E-state index contributed by atoms with van der Waals surface area (Å²) in [4.78, 5) is 29.9. The monoisotopic (exact) mass is 286 g/mol. The van der Waals surface area contributed by atoms with Gasteiger partial charge in [-0.3, -0.25) is 9.36 Å².